The number of ether oxygens (including phenoxy) is 1. The van der Waals surface area contributed by atoms with E-state index in [0.29, 0.717) is 0 Å². The van der Waals surface area contributed by atoms with Crippen molar-refractivity contribution >= 4 is 0 Å². The maximum absolute atomic E-state index is 5.63. The summed E-state index contributed by atoms with van der Waals surface area (Å²) in [5, 5.41) is 0. The normalized spacial score (nSPS) is 25.0. The predicted octanol–water partition coefficient (Wildman–Crippen LogP) is 3.78. The number of aromatic nitrogens is 2. The Morgan fingerprint density at radius 2 is 1.96 bits per heavy atom. The Morgan fingerprint density at radius 3 is 2.72 bits per heavy atom. The van der Waals surface area contributed by atoms with Crippen LogP contribution in [0, 0.1) is 11.8 Å². The third-order valence-corrected chi connectivity index (χ3v) is 5.58. The van der Waals surface area contributed by atoms with Crippen molar-refractivity contribution in [2.24, 2.45) is 11.8 Å². The fourth-order valence-electron chi connectivity index (χ4n) is 4.15. The fraction of sp³-hybridized carbons (Fsp3) is 0.524. The summed E-state index contributed by atoms with van der Waals surface area (Å²) in [5.74, 6) is 1.57. The van der Waals surface area contributed by atoms with Crippen LogP contribution in [0.4, 0.5) is 0 Å². The maximum Gasteiger partial charge on any atom is 0.0886 e. The minimum Gasteiger partial charge on any atom is -0.381 e. The molecule has 0 aromatic carbocycles. The number of rotatable bonds is 4. The first-order valence-electron chi connectivity index (χ1n) is 9.55. The van der Waals surface area contributed by atoms with Crippen molar-refractivity contribution in [2.75, 3.05) is 26.3 Å². The van der Waals surface area contributed by atoms with Gasteiger partial charge in [-0.3, -0.25) is 14.9 Å². The average molecular weight is 337 g/mol. The number of hydrogen-bond donors (Lipinski definition) is 0. The first-order chi connectivity index (χ1) is 12.4. The zero-order chi connectivity index (χ0) is 16.9. The number of likely N-dealkylation sites (tertiary alicyclic amines) is 1. The van der Waals surface area contributed by atoms with Gasteiger partial charge in [-0.05, 0) is 61.4 Å². The van der Waals surface area contributed by atoms with E-state index in [2.05, 4.69) is 27.0 Å². The summed E-state index contributed by atoms with van der Waals surface area (Å²) < 4.78 is 5.63. The lowest BCUT2D eigenvalue weighted by Gasteiger charge is -2.27. The fourth-order valence-corrected chi connectivity index (χ4v) is 4.15. The molecule has 2 saturated heterocycles. The van der Waals surface area contributed by atoms with Gasteiger partial charge in [-0.1, -0.05) is 18.6 Å². The van der Waals surface area contributed by atoms with Crippen molar-refractivity contribution < 1.29 is 4.74 Å². The Morgan fingerprint density at radius 1 is 1.00 bits per heavy atom. The third-order valence-electron chi connectivity index (χ3n) is 5.58. The molecule has 0 radical (unpaired) electrons. The maximum atomic E-state index is 5.63. The molecule has 4 rings (SSSR count). The van der Waals surface area contributed by atoms with E-state index in [0.717, 1.165) is 43.0 Å². The van der Waals surface area contributed by atoms with Gasteiger partial charge in [0.25, 0.3) is 0 Å². The summed E-state index contributed by atoms with van der Waals surface area (Å²) in [7, 11) is 0. The van der Waals surface area contributed by atoms with Crippen LogP contribution in [0.2, 0.25) is 0 Å². The van der Waals surface area contributed by atoms with E-state index in [1.165, 1.54) is 44.3 Å². The molecule has 2 aromatic rings. The number of pyridine rings is 2. The molecule has 0 bridgehead atoms. The van der Waals surface area contributed by atoms with E-state index < -0.39 is 0 Å². The van der Waals surface area contributed by atoms with Crippen molar-refractivity contribution in [1.82, 2.24) is 14.9 Å². The van der Waals surface area contributed by atoms with Gasteiger partial charge in [0.15, 0.2) is 0 Å². The molecular formula is C21H27N3O. The van der Waals surface area contributed by atoms with Crippen molar-refractivity contribution in [3.63, 3.8) is 0 Å². The van der Waals surface area contributed by atoms with Gasteiger partial charge in [0.05, 0.1) is 11.4 Å². The molecule has 2 aliphatic rings. The van der Waals surface area contributed by atoms with Crippen LogP contribution in [0.1, 0.15) is 31.2 Å². The zero-order valence-electron chi connectivity index (χ0n) is 14.8. The van der Waals surface area contributed by atoms with Gasteiger partial charge in [-0.2, -0.15) is 0 Å². The second-order valence-electron chi connectivity index (χ2n) is 7.38. The van der Waals surface area contributed by atoms with Gasteiger partial charge in [-0.25, -0.2) is 0 Å². The van der Waals surface area contributed by atoms with Crippen LogP contribution in [0.25, 0.3) is 11.4 Å². The molecule has 0 N–H and O–H groups in total. The first-order valence-corrected chi connectivity index (χ1v) is 9.55. The first kappa shape index (κ1) is 16.7. The lowest BCUT2D eigenvalue weighted by molar-refractivity contribution is 0.152. The van der Waals surface area contributed by atoms with Crippen LogP contribution in [0.3, 0.4) is 0 Å². The average Bonchev–Trinajstić information content (AvgIpc) is 3.10. The molecule has 25 heavy (non-hydrogen) atoms. The predicted molar refractivity (Wildman–Crippen MR) is 99.0 cm³/mol. The molecule has 4 heteroatoms. The van der Waals surface area contributed by atoms with Crippen molar-refractivity contribution in [2.45, 2.75) is 32.2 Å². The van der Waals surface area contributed by atoms with Gasteiger partial charge < -0.3 is 4.74 Å². The SMILES string of the molecule is c1ccc(-c2ccc(CN3CCCCC(C4CCOC4)C3)cn2)nc1. The van der Waals surface area contributed by atoms with Crippen LogP contribution in [0.5, 0.6) is 0 Å². The van der Waals surface area contributed by atoms with Crippen LogP contribution in [-0.4, -0.2) is 41.2 Å². The highest BCUT2D eigenvalue weighted by molar-refractivity contribution is 5.53. The number of hydrogen-bond acceptors (Lipinski definition) is 4. The second kappa shape index (κ2) is 8.07. The molecule has 0 spiro atoms. The lowest BCUT2D eigenvalue weighted by atomic mass is 9.88. The molecule has 132 valence electrons. The Balaban J connectivity index is 1.40. The van der Waals surface area contributed by atoms with E-state index in [1.54, 1.807) is 0 Å². The molecular weight excluding hydrogens is 310 g/mol. The van der Waals surface area contributed by atoms with Crippen LogP contribution in [-0.2, 0) is 11.3 Å². The van der Waals surface area contributed by atoms with Crippen molar-refractivity contribution in [3.8, 4) is 11.4 Å². The Kier molecular flexibility index (Phi) is 5.38. The summed E-state index contributed by atoms with van der Waals surface area (Å²) in [5.41, 5.74) is 3.18. The topological polar surface area (TPSA) is 38.2 Å². The summed E-state index contributed by atoms with van der Waals surface area (Å²) in [6.45, 7) is 5.33. The van der Waals surface area contributed by atoms with E-state index in [1.807, 2.05) is 30.6 Å². The highest BCUT2D eigenvalue weighted by Gasteiger charge is 2.28. The lowest BCUT2D eigenvalue weighted by Crippen LogP contribution is -2.31. The molecule has 4 heterocycles. The highest BCUT2D eigenvalue weighted by atomic mass is 16.5. The molecule has 2 fully saturated rings. The van der Waals surface area contributed by atoms with Crippen molar-refractivity contribution in [3.05, 3.63) is 48.3 Å². The minimum atomic E-state index is 0.769. The Labute approximate surface area is 150 Å². The molecule has 0 saturated carbocycles. The van der Waals surface area contributed by atoms with Crippen LogP contribution in [0.15, 0.2) is 42.7 Å². The molecule has 0 amide bonds. The second-order valence-corrected chi connectivity index (χ2v) is 7.38. The largest absolute Gasteiger partial charge is 0.381 e. The molecule has 2 atom stereocenters. The van der Waals surface area contributed by atoms with Gasteiger partial charge in [0, 0.05) is 38.7 Å². The Hall–Kier alpha value is -1.78. The standard InChI is InChI=1S/C21H27N3O/c1-3-10-22-20(6-1)21-8-7-17(13-23-21)14-24-11-4-2-5-18(15-24)19-9-12-25-16-19/h1,3,6-8,10,13,18-19H,2,4-5,9,11-12,14-16H2. The van der Waals surface area contributed by atoms with Crippen LogP contribution < -0.4 is 0 Å². The van der Waals surface area contributed by atoms with Gasteiger partial charge in [0.2, 0.25) is 0 Å². The summed E-state index contributed by atoms with van der Waals surface area (Å²) >= 11 is 0. The summed E-state index contributed by atoms with van der Waals surface area (Å²) in [4.78, 5) is 11.6. The van der Waals surface area contributed by atoms with Crippen LogP contribution >= 0.6 is 0 Å². The molecule has 4 nitrogen and oxygen atoms in total. The monoisotopic (exact) mass is 337 g/mol. The van der Waals surface area contributed by atoms with Gasteiger partial charge in [0.1, 0.15) is 0 Å². The zero-order valence-corrected chi connectivity index (χ0v) is 14.8. The summed E-state index contributed by atoms with van der Waals surface area (Å²) in [6, 6.07) is 10.2. The summed E-state index contributed by atoms with van der Waals surface area (Å²) in [6.07, 6.45) is 9.11. The molecule has 2 aliphatic heterocycles. The Bertz CT molecular complexity index is 653. The highest BCUT2D eigenvalue weighted by Crippen LogP contribution is 2.30. The number of nitrogens with zero attached hydrogens (tertiary/aromatic N) is 3. The van der Waals surface area contributed by atoms with E-state index in [4.69, 9.17) is 4.74 Å². The smallest absolute Gasteiger partial charge is 0.0886 e. The van der Waals surface area contributed by atoms with E-state index >= 15 is 0 Å². The quantitative estimate of drug-likeness (QED) is 0.851. The van der Waals surface area contributed by atoms with E-state index in [-0.39, 0.29) is 0 Å². The molecule has 2 unspecified atom stereocenters. The van der Waals surface area contributed by atoms with Crippen molar-refractivity contribution in [1.29, 1.82) is 0 Å². The third kappa shape index (κ3) is 4.25. The van der Waals surface area contributed by atoms with E-state index in [9.17, 15) is 0 Å². The minimum absolute atomic E-state index is 0.769. The molecule has 2 aromatic heterocycles. The van der Waals surface area contributed by atoms with Gasteiger partial charge in [-0.15, -0.1) is 0 Å². The molecule has 0 aliphatic carbocycles. The van der Waals surface area contributed by atoms with Gasteiger partial charge >= 0.3 is 0 Å².